The molecule has 3 amide bonds. The zero-order chi connectivity index (χ0) is 24.3. The summed E-state index contributed by atoms with van der Waals surface area (Å²) in [6, 6.07) is 5.54. The Morgan fingerprint density at radius 2 is 1.85 bits per heavy atom. The lowest BCUT2D eigenvalue weighted by molar-refractivity contribution is -0.147. The Hall–Kier alpha value is -3.47. The number of benzene rings is 1. The number of aryl methyl sites for hydroxylation is 1. The van der Waals surface area contributed by atoms with Crippen molar-refractivity contribution in [2.75, 3.05) is 18.5 Å². The van der Waals surface area contributed by atoms with Crippen molar-refractivity contribution in [3.8, 4) is 0 Å². The first-order chi connectivity index (χ1) is 15.5. The number of alkyl halides is 3. The van der Waals surface area contributed by atoms with Gasteiger partial charge in [0.15, 0.2) is 12.4 Å². The van der Waals surface area contributed by atoms with Crippen LogP contribution in [-0.4, -0.2) is 46.7 Å². The van der Waals surface area contributed by atoms with Crippen molar-refractivity contribution in [2.24, 2.45) is 0 Å². The number of halogens is 4. The van der Waals surface area contributed by atoms with Gasteiger partial charge in [-0.3, -0.25) is 24.1 Å². The molecule has 0 bridgehead atoms. The Labute approximate surface area is 190 Å². The standard InChI is InChI=1S/C21H17ClF3N3O5/c1-11-4-5-13-14(7-11)20(32)28(19(13)31)6-2-3-17(30)33-10-16(29)27-18-15(22)8-12(9-26-18)21(23,24)25/h4-5,7-9H,2-3,6,10H2,1H3,(H,26,27,29). The van der Waals surface area contributed by atoms with Gasteiger partial charge >= 0.3 is 12.1 Å². The van der Waals surface area contributed by atoms with E-state index in [9.17, 15) is 32.3 Å². The van der Waals surface area contributed by atoms with Gasteiger partial charge in [0.25, 0.3) is 17.7 Å². The van der Waals surface area contributed by atoms with Crippen LogP contribution < -0.4 is 5.32 Å². The van der Waals surface area contributed by atoms with Crippen LogP contribution in [0.4, 0.5) is 19.0 Å². The molecule has 8 nitrogen and oxygen atoms in total. The van der Waals surface area contributed by atoms with Gasteiger partial charge in [0, 0.05) is 19.2 Å². The second kappa shape index (κ2) is 9.57. The van der Waals surface area contributed by atoms with Crippen LogP contribution in [0, 0.1) is 6.92 Å². The Bertz CT molecular complexity index is 1140. The number of nitrogens with one attached hydrogen (secondary N) is 1. The fourth-order valence-corrected chi connectivity index (χ4v) is 3.27. The van der Waals surface area contributed by atoms with Crippen LogP contribution in [0.5, 0.6) is 0 Å². The first-order valence-electron chi connectivity index (χ1n) is 9.62. The number of anilines is 1. The van der Waals surface area contributed by atoms with Crippen LogP contribution in [0.2, 0.25) is 5.02 Å². The summed E-state index contributed by atoms with van der Waals surface area (Å²) < 4.78 is 42.6. The number of nitrogens with zero attached hydrogens (tertiary/aromatic N) is 2. The van der Waals surface area contributed by atoms with Crippen molar-refractivity contribution in [1.29, 1.82) is 0 Å². The predicted molar refractivity (Wildman–Crippen MR) is 110 cm³/mol. The van der Waals surface area contributed by atoms with E-state index in [-0.39, 0.29) is 25.2 Å². The number of carbonyl (C=O) groups excluding carboxylic acids is 4. The average Bonchev–Trinajstić information content (AvgIpc) is 2.97. The average molecular weight is 484 g/mol. The molecule has 12 heteroatoms. The minimum absolute atomic E-state index is 0.00221. The van der Waals surface area contributed by atoms with Crippen LogP contribution >= 0.6 is 11.6 Å². The van der Waals surface area contributed by atoms with Gasteiger partial charge in [-0.05, 0) is 31.5 Å². The van der Waals surface area contributed by atoms with E-state index < -0.39 is 47.1 Å². The fourth-order valence-electron chi connectivity index (χ4n) is 3.06. The molecule has 1 aliphatic rings. The number of amides is 3. The molecule has 3 rings (SSSR count). The zero-order valence-electron chi connectivity index (χ0n) is 17.2. The van der Waals surface area contributed by atoms with Crippen molar-refractivity contribution >= 4 is 41.1 Å². The first kappa shape index (κ1) is 24.2. The third-order valence-corrected chi connectivity index (χ3v) is 4.97. The molecule has 0 atom stereocenters. The van der Waals surface area contributed by atoms with Crippen molar-refractivity contribution in [3.63, 3.8) is 0 Å². The second-order valence-electron chi connectivity index (χ2n) is 7.18. The minimum atomic E-state index is -4.64. The topological polar surface area (TPSA) is 106 Å². The van der Waals surface area contributed by atoms with E-state index in [0.717, 1.165) is 10.5 Å². The molecular weight excluding hydrogens is 467 g/mol. The van der Waals surface area contributed by atoms with Crippen LogP contribution in [-0.2, 0) is 20.5 Å². The molecule has 0 spiro atoms. The molecular formula is C21H17ClF3N3O5. The number of esters is 1. The molecule has 2 aromatic rings. The molecule has 0 fully saturated rings. The number of imide groups is 1. The Kier molecular flexibility index (Phi) is 7.01. The Morgan fingerprint density at radius 3 is 2.52 bits per heavy atom. The van der Waals surface area contributed by atoms with Gasteiger partial charge in [-0.25, -0.2) is 4.98 Å². The van der Waals surface area contributed by atoms with Gasteiger partial charge in [0.05, 0.1) is 21.7 Å². The van der Waals surface area contributed by atoms with E-state index in [1.165, 1.54) is 0 Å². The smallest absolute Gasteiger partial charge is 0.417 e. The van der Waals surface area contributed by atoms with Crippen molar-refractivity contribution in [2.45, 2.75) is 25.9 Å². The first-order valence-corrected chi connectivity index (χ1v) is 10.00. The number of hydrogen-bond acceptors (Lipinski definition) is 6. The van der Waals surface area contributed by atoms with Crippen LogP contribution in [0.15, 0.2) is 30.5 Å². The lowest BCUT2D eigenvalue weighted by Crippen LogP contribution is -2.31. The summed E-state index contributed by atoms with van der Waals surface area (Å²) in [5.74, 6) is -2.81. The second-order valence-corrected chi connectivity index (χ2v) is 7.58. The number of rotatable bonds is 7. The summed E-state index contributed by atoms with van der Waals surface area (Å²) >= 11 is 5.69. The van der Waals surface area contributed by atoms with Gasteiger partial charge in [-0.1, -0.05) is 23.2 Å². The van der Waals surface area contributed by atoms with Gasteiger partial charge in [-0.2, -0.15) is 13.2 Å². The highest BCUT2D eigenvalue weighted by Gasteiger charge is 2.35. The normalized spacial score (nSPS) is 13.2. The van der Waals surface area contributed by atoms with Crippen molar-refractivity contribution < 1.29 is 37.1 Å². The van der Waals surface area contributed by atoms with E-state index in [2.05, 4.69) is 10.3 Å². The molecule has 0 saturated carbocycles. The molecule has 1 aromatic heterocycles. The van der Waals surface area contributed by atoms with Crippen molar-refractivity contribution in [3.05, 3.63) is 57.7 Å². The molecule has 0 aliphatic carbocycles. The molecule has 1 aromatic carbocycles. The summed E-state index contributed by atoms with van der Waals surface area (Å²) in [7, 11) is 0. The monoisotopic (exact) mass is 483 g/mol. The van der Waals surface area contributed by atoms with Gasteiger partial charge in [0.1, 0.15) is 0 Å². The summed E-state index contributed by atoms with van der Waals surface area (Å²) in [5, 5.41) is 1.72. The maximum Gasteiger partial charge on any atom is 0.417 e. The van der Waals surface area contributed by atoms with Gasteiger partial charge < -0.3 is 10.1 Å². The third-order valence-electron chi connectivity index (χ3n) is 4.68. The van der Waals surface area contributed by atoms with E-state index in [1.54, 1.807) is 25.1 Å². The molecule has 0 radical (unpaired) electrons. The van der Waals surface area contributed by atoms with Gasteiger partial charge in [0.2, 0.25) is 0 Å². The van der Waals surface area contributed by atoms with Crippen molar-refractivity contribution in [1.82, 2.24) is 9.88 Å². The minimum Gasteiger partial charge on any atom is -0.456 e. The zero-order valence-corrected chi connectivity index (χ0v) is 17.9. The summed E-state index contributed by atoms with van der Waals surface area (Å²) in [6.07, 6.45) is -4.18. The third kappa shape index (κ3) is 5.67. The molecule has 2 heterocycles. The largest absolute Gasteiger partial charge is 0.456 e. The highest BCUT2D eigenvalue weighted by atomic mass is 35.5. The molecule has 1 N–H and O–H groups in total. The van der Waals surface area contributed by atoms with E-state index in [1.807, 2.05) is 0 Å². The lowest BCUT2D eigenvalue weighted by Gasteiger charge is -2.13. The quantitative estimate of drug-likeness (QED) is 0.476. The highest BCUT2D eigenvalue weighted by molar-refractivity contribution is 6.33. The number of carbonyl (C=O) groups is 4. The Morgan fingerprint density at radius 1 is 1.15 bits per heavy atom. The number of fused-ring (bicyclic) bond motifs is 1. The van der Waals surface area contributed by atoms with Crippen LogP contribution in [0.25, 0.3) is 0 Å². The SMILES string of the molecule is Cc1ccc2c(c1)C(=O)N(CCCC(=O)OCC(=O)Nc1ncc(C(F)(F)F)cc1Cl)C2=O. The van der Waals surface area contributed by atoms with Crippen LogP contribution in [0.1, 0.15) is 44.7 Å². The van der Waals surface area contributed by atoms with E-state index >= 15 is 0 Å². The summed E-state index contributed by atoms with van der Waals surface area (Å²) in [4.78, 5) is 53.0. The van der Waals surface area contributed by atoms with E-state index in [4.69, 9.17) is 16.3 Å². The number of ether oxygens (including phenoxy) is 1. The number of pyridine rings is 1. The molecule has 0 saturated heterocycles. The summed E-state index contributed by atoms with van der Waals surface area (Å²) in [6.45, 7) is 1.08. The number of aromatic nitrogens is 1. The predicted octanol–water partition coefficient (Wildman–Crippen LogP) is 3.62. The van der Waals surface area contributed by atoms with E-state index in [0.29, 0.717) is 23.4 Å². The molecule has 33 heavy (non-hydrogen) atoms. The molecule has 0 unspecified atom stereocenters. The molecule has 174 valence electrons. The Balaban J connectivity index is 1.43. The maximum atomic E-state index is 12.6. The summed E-state index contributed by atoms with van der Waals surface area (Å²) in [5.41, 5.74) is 0.381. The lowest BCUT2D eigenvalue weighted by atomic mass is 10.1. The van der Waals surface area contributed by atoms with Crippen LogP contribution in [0.3, 0.4) is 0 Å². The number of hydrogen-bond donors (Lipinski definition) is 1. The molecule has 1 aliphatic heterocycles. The highest BCUT2D eigenvalue weighted by Crippen LogP contribution is 2.32. The maximum absolute atomic E-state index is 12.6. The fraction of sp³-hybridized carbons (Fsp3) is 0.286. The van der Waals surface area contributed by atoms with Gasteiger partial charge in [-0.15, -0.1) is 0 Å².